The van der Waals surface area contributed by atoms with Crippen LogP contribution < -0.4 is 5.32 Å². The fraction of sp³-hybridized carbons (Fsp3) is 0.227. The standard InChI is InChI=1S/C22H24N4O2/c1-4-20-19(14-24-26(20)18-8-6-5-7-9-18)22(28)25(3)15-16-10-12-17(13-11-16)21(27)23-2/h5-14H,4,15H2,1-3H3,(H,23,27). The van der Waals surface area contributed by atoms with Gasteiger partial charge >= 0.3 is 0 Å². The van der Waals surface area contributed by atoms with Gasteiger partial charge in [-0.25, -0.2) is 4.68 Å². The van der Waals surface area contributed by atoms with Gasteiger partial charge in [0.15, 0.2) is 0 Å². The minimum Gasteiger partial charge on any atom is -0.355 e. The highest BCUT2D eigenvalue weighted by Gasteiger charge is 2.20. The molecule has 1 N–H and O–H groups in total. The number of hydrogen-bond acceptors (Lipinski definition) is 3. The van der Waals surface area contributed by atoms with Gasteiger partial charge in [-0.2, -0.15) is 5.10 Å². The van der Waals surface area contributed by atoms with Crippen molar-refractivity contribution in [2.45, 2.75) is 19.9 Å². The van der Waals surface area contributed by atoms with E-state index in [1.165, 1.54) is 0 Å². The maximum absolute atomic E-state index is 13.0. The summed E-state index contributed by atoms with van der Waals surface area (Å²) < 4.78 is 1.82. The van der Waals surface area contributed by atoms with E-state index in [-0.39, 0.29) is 11.8 Å². The third kappa shape index (κ3) is 3.96. The SMILES string of the molecule is CCc1c(C(=O)N(C)Cc2ccc(C(=O)NC)cc2)cnn1-c1ccccc1. The van der Waals surface area contributed by atoms with Crippen LogP contribution in [0.25, 0.3) is 5.69 Å². The molecule has 0 saturated heterocycles. The van der Waals surface area contributed by atoms with E-state index in [1.807, 2.05) is 54.1 Å². The Hall–Kier alpha value is -3.41. The topological polar surface area (TPSA) is 67.2 Å². The van der Waals surface area contributed by atoms with E-state index in [4.69, 9.17) is 0 Å². The fourth-order valence-corrected chi connectivity index (χ4v) is 3.14. The van der Waals surface area contributed by atoms with Crippen molar-refractivity contribution in [3.05, 3.63) is 83.2 Å². The van der Waals surface area contributed by atoms with E-state index in [9.17, 15) is 9.59 Å². The van der Waals surface area contributed by atoms with Gasteiger partial charge in [0, 0.05) is 26.2 Å². The lowest BCUT2D eigenvalue weighted by Gasteiger charge is -2.18. The second-order valence-corrected chi connectivity index (χ2v) is 6.54. The van der Waals surface area contributed by atoms with Gasteiger partial charge in [0.05, 0.1) is 23.1 Å². The van der Waals surface area contributed by atoms with E-state index >= 15 is 0 Å². The van der Waals surface area contributed by atoms with Crippen molar-refractivity contribution in [2.24, 2.45) is 0 Å². The second kappa shape index (κ2) is 8.52. The Bertz CT molecular complexity index is 962. The van der Waals surface area contributed by atoms with Gasteiger partial charge in [-0.15, -0.1) is 0 Å². The third-order valence-electron chi connectivity index (χ3n) is 4.64. The average molecular weight is 376 g/mol. The lowest BCUT2D eigenvalue weighted by Crippen LogP contribution is -2.27. The Morgan fingerprint density at radius 3 is 2.36 bits per heavy atom. The summed E-state index contributed by atoms with van der Waals surface area (Å²) >= 11 is 0. The molecule has 0 unspecified atom stereocenters. The molecule has 0 aliphatic rings. The van der Waals surface area contributed by atoms with Gasteiger partial charge in [-0.05, 0) is 36.2 Å². The molecule has 6 nitrogen and oxygen atoms in total. The van der Waals surface area contributed by atoms with E-state index in [2.05, 4.69) is 10.4 Å². The minimum atomic E-state index is -0.128. The number of hydrogen-bond donors (Lipinski definition) is 1. The molecule has 0 fully saturated rings. The molecule has 144 valence electrons. The van der Waals surface area contributed by atoms with Crippen molar-refractivity contribution >= 4 is 11.8 Å². The van der Waals surface area contributed by atoms with Crippen molar-refractivity contribution in [1.29, 1.82) is 0 Å². The quantitative estimate of drug-likeness (QED) is 0.719. The molecule has 0 saturated carbocycles. The second-order valence-electron chi connectivity index (χ2n) is 6.54. The number of nitrogens with zero attached hydrogens (tertiary/aromatic N) is 3. The largest absolute Gasteiger partial charge is 0.355 e. The first kappa shape index (κ1) is 19.4. The zero-order valence-electron chi connectivity index (χ0n) is 16.3. The van der Waals surface area contributed by atoms with Crippen molar-refractivity contribution in [2.75, 3.05) is 14.1 Å². The van der Waals surface area contributed by atoms with Crippen molar-refractivity contribution in [1.82, 2.24) is 20.0 Å². The molecule has 0 atom stereocenters. The maximum Gasteiger partial charge on any atom is 0.257 e. The smallest absolute Gasteiger partial charge is 0.257 e. The van der Waals surface area contributed by atoms with Gasteiger partial charge in [0.1, 0.15) is 0 Å². The number of benzene rings is 2. The Kier molecular flexibility index (Phi) is 5.89. The number of rotatable bonds is 6. The molecule has 3 rings (SSSR count). The average Bonchev–Trinajstić information content (AvgIpc) is 3.17. The lowest BCUT2D eigenvalue weighted by atomic mass is 10.1. The highest BCUT2D eigenvalue weighted by Crippen LogP contribution is 2.18. The molecule has 1 heterocycles. The molecule has 0 bridgehead atoms. The third-order valence-corrected chi connectivity index (χ3v) is 4.64. The Morgan fingerprint density at radius 2 is 1.75 bits per heavy atom. The summed E-state index contributed by atoms with van der Waals surface area (Å²) in [7, 11) is 3.37. The maximum atomic E-state index is 13.0. The van der Waals surface area contributed by atoms with Crippen LogP contribution in [0.2, 0.25) is 0 Å². The molecule has 0 radical (unpaired) electrons. The predicted octanol–water partition coefficient (Wildman–Crippen LogP) is 3.07. The first-order valence-corrected chi connectivity index (χ1v) is 9.24. The van der Waals surface area contributed by atoms with E-state index < -0.39 is 0 Å². The van der Waals surface area contributed by atoms with Gasteiger partial charge < -0.3 is 10.2 Å². The molecule has 3 aromatic rings. The van der Waals surface area contributed by atoms with Crippen LogP contribution >= 0.6 is 0 Å². The highest BCUT2D eigenvalue weighted by atomic mass is 16.2. The predicted molar refractivity (Wildman–Crippen MR) is 109 cm³/mol. The highest BCUT2D eigenvalue weighted by molar-refractivity contribution is 5.95. The first-order valence-electron chi connectivity index (χ1n) is 9.24. The van der Waals surface area contributed by atoms with Crippen molar-refractivity contribution < 1.29 is 9.59 Å². The Balaban J connectivity index is 1.78. The molecule has 6 heteroatoms. The van der Waals surface area contributed by atoms with Crippen LogP contribution in [0.3, 0.4) is 0 Å². The number of para-hydroxylation sites is 1. The Morgan fingerprint density at radius 1 is 1.07 bits per heavy atom. The molecule has 1 aromatic heterocycles. The van der Waals surface area contributed by atoms with Gasteiger partial charge in [-0.3, -0.25) is 9.59 Å². The van der Waals surface area contributed by atoms with Gasteiger partial charge in [-0.1, -0.05) is 37.3 Å². The van der Waals surface area contributed by atoms with E-state index in [0.717, 1.165) is 16.9 Å². The zero-order valence-corrected chi connectivity index (χ0v) is 16.3. The van der Waals surface area contributed by atoms with Crippen molar-refractivity contribution in [3.63, 3.8) is 0 Å². The van der Waals surface area contributed by atoms with Crippen LogP contribution in [0.1, 0.15) is 38.9 Å². The summed E-state index contributed by atoms with van der Waals surface area (Å²) in [6, 6.07) is 17.0. The number of aromatic nitrogens is 2. The Labute approximate surface area is 164 Å². The van der Waals surface area contributed by atoms with Gasteiger partial charge in [0.25, 0.3) is 11.8 Å². The molecule has 28 heavy (non-hydrogen) atoms. The van der Waals surface area contributed by atoms with Crippen LogP contribution in [0, 0.1) is 0 Å². The lowest BCUT2D eigenvalue weighted by molar-refractivity contribution is 0.0783. The molecule has 0 aliphatic carbocycles. The van der Waals surface area contributed by atoms with Crippen LogP contribution in [0.5, 0.6) is 0 Å². The summed E-state index contributed by atoms with van der Waals surface area (Å²) in [6.07, 6.45) is 2.34. The molecule has 2 amide bonds. The molecular formula is C22H24N4O2. The summed E-state index contributed by atoms with van der Waals surface area (Å²) in [5.41, 5.74) is 3.98. The number of carbonyl (C=O) groups is 2. The van der Waals surface area contributed by atoms with Crippen LogP contribution in [0.15, 0.2) is 60.8 Å². The van der Waals surface area contributed by atoms with Crippen LogP contribution in [-0.2, 0) is 13.0 Å². The minimum absolute atomic E-state index is 0.0746. The normalized spacial score (nSPS) is 10.5. The zero-order chi connectivity index (χ0) is 20.1. The van der Waals surface area contributed by atoms with E-state index in [1.54, 1.807) is 37.3 Å². The summed E-state index contributed by atoms with van der Waals surface area (Å²) in [4.78, 5) is 26.3. The van der Waals surface area contributed by atoms with Crippen molar-refractivity contribution in [3.8, 4) is 5.69 Å². The fourth-order valence-electron chi connectivity index (χ4n) is 3.14. The van der Waals surface area contributed by atoms with Gasteiger partial charge in [0.2, 0.25) is 0 Å². The molecular weight excluding hydrogens is 352 g/mol. The van der Waals surface area contributed by atoms with Crippen LogP contribution in [0.4, 0.5) is 0 Å². The van der Waals surface area contributed by atoms with E-state index in [0.29, 0.717) is 24.1 Å². The number of carbonyl (C=O) groups excluding carboxylic acids is 2. The van der Waals surface area contributed by atoms with Crippen LogP contribution in [-0.4, -0.2) is 40.6 Å². The number of amides is 2. The molecule has 2 aromatic carbocycles. The molecule has 0 aliphatic heterocycles. The monoisotopic (exact) mass is 376 g/mol. The number of nitrogens with one attached hydrogen (secondary N) is 1. The summed E-state index contributed by atoms with van der Waals surface area (Å²) in [5.74, 6) is -0.202. The molecule has 0 spiro atoms. The first-order chi connectivity index (χ1) is 13.5. The summed E-state index contributed by atoms with van der Waals surface area (Å²) in [6.45, 7) is 2.47. The summed E-state index contributed by atoms with van der Waals surface area (Å²) in [5, 5.41) is 7.03.